The van der Waals surface area contributed by atoms with Crippen molar-refractivity contribution in [2.45, 2.75) is 26.7 Å². The van der Waals surface area contributed by atoms with Crippen molar-refractivity contribution in [2.75, 3.05) is 0 Å². The van der Waals surface area contributed by atoms with E-state index < -0.39 is 20.8 Å². The zero-order valence-electron chi connectivity index (χ0n) is 26.0. The SMILES string of the molecule is CC(C)c1cc2c(-c3cccc4ccccc34)cccc2[cH-]1.Cc1cc2c(-c3cccc4ccccc34)ccc(Cl)c2[cH-]1.[Cl][Zr+2][Cl]. The monoisotopic (exact) mass is 732 g/mol. The van der Waals surface area contributed by atoms with Gasteiger partial charge in [-0.05, 0) is 43.6 Å². The normalized spacial score (nSPS) is 10.9. The van der Waals surface area contributed by atoms with Crippen molar-refractivity contribution in [1.82, 2.24) is 0 Å². The van der Waals surface area contributed by atoms with Gasteiger partial charge in [0.25, 0.3) is 0 Å². The van der Waals surface area contributed by atoms with Crippen molar-refractivity contribution in [3.8, 4) is 22.3 Å². The number of halogens is 3. The molecule has 4 heteroatoms. The van der Waals surface area contributed by atoms with Gasteiger partial charge in [-0.25, -0.2) is 0 Å². The first kappa shape index (κ1) is 32.7. The zero-order chi connectivity index (χ0) is 32.2. The van der Waals surface area contributed by atoms with E-state index in [9.17, 15) is 0 Å². The second-order valence-electron chi connectivity index (χ2n) is 11.8. The van der Waals surface area contributed by atoms with Gasteiger partial charge in [-0.15, -0.1) is 68.5 Å². The van der Waals surface area contributed by atoms with Gasteiger partial charge in [0.1, 0.15) is 0 Å². The summed E-state index contributed by atoms with van der Waals surface area (Å²) in [5.41, 5.74) is 7.84. The van der Waals surface area contributed by atoms with Crippen LogP contribution in [0.1, 0.15) is 30.9 Å². The van der Waals surface area contributed by atoms with E-state index >= 15 is 0 Å². The molecule has 0 fully saturated rings. The molecule has 0 N–H and O–H groups in total. The number of hydrogen-bond donors (Lipinski definition) is 0. The topological polar surface area (TPSA) is 0 Å². The van der Waals surface area contributed by atoms with Crippen LogP contribution < -0.4 is 0 Å². The average molecular weight is 735 g/mol. The van der Waals surface area contributed by atoms with Crippen LogP contribution in [0.5, 0.6) is 0 Å². The van der Waals surface area contributed by atoms with Crippen LogP contribution in [-0.2, 0) is 20.8 Å². The third-order valence-corrected chi connectivity index (χ3v) is 8.91. The van der Waals surface area contributed by atoms with Crippen LogP contribution in [0.15, 0.2) is 140 Å². The first-order valence-electron chi connectivity index (χ1n) is 15.4. The summed E-state index contributed by atoms with van der Waals surface area (Å²) in [5.74, 6) is 0.563. The van der Waals surface area contributed by atoms with E-state index in [4.69, 9.17) is 28.6 Å². The number of fused-ring (bicyclic) bond motifs is 4. The van der Waals surface area contributed by atoms with Gasteiger partial charge >= 0.3 is 37.9 Å². The fourth-order valence-electron chi connectivity index (χ4n) is 6.39. The molecule has 8 aromatic carbocycles. The van der Waals surface area contributed by atoms with Crippen LogP contribution in [0.25, 0.3) is 65.3 Å². The number of benzene rings is 6. The summed E-state index contributed by atoms with van der Waals surface area (Å²) in [6.45, 7) is 6.63. The van der Waals surface area contributed by atoms with E-state index in [1.165, 1.54) is 71.1 Å². The third kappa shape index (κ3) is 6.76. The second kappa shape index (κ2) is 14.7. The number of rotatable bonds is 3. The molecule has 0 aliphatic carbocycles. The molecule has 226 valence electrons. The predicted molar refractivity (Wildman–Crippen MR) is 201 cm³/mol. The third-order valence-electron chi connectivity index (χ3n) is 8.58. The molecule has 0 amide bonds. The fraction of sp³-hybridized carbons (Fsp3) is 0.0952. The van der Waals surface area contributed by atoms with E-state index in [-0.39, 0.29) is 0 Å². The van der Waals surface area contributed by atoms with Crippen LogP contribution in [0.4, 0.5) is 0 Å². The molecule has 0 saturated carbocycles. The van der Waals surface area contributed by atoms with Gasteiger partial charge in [-0.2, -0.15) is 12.1 Å². The minimum atomic E-state index is -0.826. The van der Waals surface area contributed by atoms with Crippen LogP contribution in [0, 0.1) is 6.92 Å². The summed E-state index contributed by atoms with van der Waals surface area (Å²) in [4.78, 5) is 0. The number of hydrogen-bond acceptors (Lipinski definition) is 0. The predicted octanol–water partition coefficient (Wildman–Crippen LogP) is 14.2. The maximum atomic E-state index is 6.35. The molecule has 0 unspecified atom stereocenters. The van der Waals surface area contributed by atoms with E-state index in [0.717, 1.165) is 10.4 Å². The second-order valence-corrected chi connectivity index (χ2v) is 16.0. The summed E-state index contributed by atoms with van der Waals surface area (Å²) in [6, 6.07) is 50.0. The van der Waals surface area contributed by atoms with Crippen LogP contribution in [-0.4, -0.2) is 0 Å². The molecule has 0 heterocycles. The first-order valence-corrected chi connectivity index (χ1v) is 22.1. The molecule has 8 rings (SSSR count). The van der Waals surface area contributed by atoms with Gasteiger partial charge in [-0.3, -0.25) is 0 Å². The standard InChI is InChI=1S/C22H19.C20H14Cl.2ClH.Zr/c1-15(2)18-13-17-9-6-12-21(22(17)14-18)20-11-5-8-16-7-3-4-10-19(16)20;1-13-11-18-17(9-10-20(21)19(18)12-13)16-8-4-6-14-5-2-3-7-15(14)16;;;/h3-15H,1-2H3;2-12H,1H3;2*1H;/q2*-1;;;+4/p-2. The molecule has 8 aromatic rings. The number of aryl methyl sites for hydroxylation is 1. The fourth-order valence-corrected chi connectivity index (χ4v) is 6.61. The summed E-state index contributed by atoms with van der Waals surface area (Å²) in [5, 5.41) is 11.1. The van der Waals surface area contributed by atoms with Gasteiger partial charge in [0, 0.05) is 0 Å². The van der Waals surface area contributed by atoms with E-state index in [1.807, 2.05) is 6.07 Å². The molecule has 0 nitrogen and oxygen atoms in total. The minimum absolute atomic E-state index is 0.563. The molecule has 0 atom stereocenters. The summed E-state index contributed by atoms with van der Waals surface area (Å²) < 4.78 is 0. The average Bonchev–Trinajstić information content (AvgIpc) is 3.70. The van der Waals surface area contributed by atoms with Crippen molar-refractivity contribution in [1.29, 1.82) is 0 Å². The molecule has 0 aliphatic rings. The Labute approximate surface area is 294 Å². The summed E-state index contributed by atoms with van der Waals surface area (Å²) in [6.07, 6.45) is 0. The Morgan fingerprint density at radius 1 is 0.543 bits per heavy atom. The Hall–Kier alpha value is -3.19. The van der Waals surface area contributed by atoms with Gasteiger partial charge in [0.15, 0.2) is 0 Å². The Balaban J connectivity index is 0.000000149. The molecular formula is C42H33Cl3Zr. The molecule has 0 radical (unpaired) electrons. The van der Waals surface area contributed by atoms with Crippen LogP contribution in [0.3, 0.4) is 0 Å². The van der Waals surface area contributed by atoms with Gasteiger partial charge in [-0.1, -0.05) is 135 Å². The molecule has 0 aromatic heterocycles. The van der Waals surface area contributed by atoms with Crippen molar-refractivity contribution in [3.05, 3.63) is 156 Å². The maximum absolute atomic E-state index is 6.35. The quantitative estimate of drug-likeness (QED) is 0.159. The van der Waals surface area contributed by atoms with Gasteiger partial charge in [0.05, 0.1) is 0 Å². The van der Waals surface area contributed by atoms with E-state index in [2.05, 4.69) is 154 Å². The molecule has 0 aliphatic heterocycles. The molecule has 0 spiro atoms. The van der Waals surface area contributed by atoms with E-state index in [0.29, 0.717) is 5.92 Å². The van der Waals surface area contributed by atoms with Crippen molar-refractivity contribution < 1.29 is 20.8 Å². The van der Waals surface area contributed by atoms with Gasteiger partial charge < -0.3 is 0 Å². The van der Waals surface area contributed by atoms with Crippen molar-refractivity contribution in [2.24, 2.45) is 0 Å². The molecule has 0 saturated heterocycles. The molecular weight excluding hydrogens is 702 g/mol. The van der Waals surface area contributed by atoms with E-state index in [1.54, 1.807) is 0 Å². The summed E-state index contributed by atoms with van der Waals surface area (Å²) >= 11 is 5.52. The summed E-state index contributed by atoms with van der Waals surface area (Å²) in [7, 11) is 9.87. The van der Waals surface area contributed by atoms with Crippen LogP contribution in [0.2, 0.25) is 5.02 Å². The van der Waals surface area contributed by atoms with Crippen molar-refractivity contribution in [3.63, 3.8) is 0 Å². The van der Waals surface area contributed by atoms with Gasteiger partial charge in [0.2, 0.25) is 0 Å². The Bertz CT molecular complexity index is 2260. The first-order chi connectivity index (χ1) is 22.4. The van der Waals surface area contributed by atoms with Crippen molar-refractivity contribution >= 4 is 71.7 Å². The Kier molecular flexibility index (Phi) is 10.5. The molecule has 0 bridgehead atoms. The molecule has 46 heavy (non-hydrogen) atoms. The Morgan fingerprint density at radius 2 is 1.04 bits per heavy atom. The zero-order valence-corrected chi connectivity index (χ0v) is 30.7. The Morgan fingerprint density at radius 3 is 1.63 bits per heavy atom. The van der Waals surface area contributed by atoms with Crippen LogP contribution >= 0.6 is 28.6 Å².